The van der Waals surface area contributed by atoms with Crippen LogP contribution in [-0.2, 0) is 0 Å². The lowest BCUT2D eigenvalue weighted by Crippen LogP contribution is -2.16. The van der Waals surface area contributed by atoms with Crippen molar-refractivity contribution in [3.63, 3.8) is 0 Å². The van der Waals surface area contributed by atoms with E-state index in [0.29, 0.717) is 29.4 Å². The van der Waals surface area contributed by atoms with Crippen LogP contribution < -0.4 is 10.1 Å². The molecule has 1 saturated heterocycles. The van der Waals surface area contributed by atoms with Crippen LogP contribution in [0.4, 0.5) is 10.1 Å². The molecule has 5 nitrogen and oxygen atoms in total. The summed E-state index contributed by atoms with van der Waals surface area (Å²) in [6, 6.07) is 14.6. The van der Waals surface area contributed by atoms with E-state index in [1.165, 1.54) is 6.07 Å². The van der Waals surface area contributed by atoms with Gasteiger partial charge in [-0.2, -0.15) is 0 Å². The van der Waals surface area contributed by atoms with Gasteiger partial charge in [0.2, 0.25) is 0 Å². The van der Waals surface area contributed by atoms with Crippen LogP contribution >= 0.6 is 0 Å². The van der Waals surface area contributed by atoms with Gasteiger partial charge in [-0.3, -0.25) is 4.40 Å². The molecule has 1 atom stereocenters. The maximum Gasteiger partial charge on any atom is 0.190 e. The van der Waals surface area contributed by atoms with Crippen molar-refractivity contribution in [2.45, 2.75) is 13.3 Å². The first-order valence-electron chi connectivity index (χ1n) is 10.7. The second-order valence-electron chi connectivity index (χ2n) is 8.23. The number of hydrogen-bond acceptors (Lipinski definition) is 3. The molecule has 0 spiro atoms. The Bertz CT molecular complexity index is 1310. The zero-order valence-corrected chi connectivity index (χ0v) is 17.8. The summed E-state index contributed by atoms with van der Waals surface area (Å²) in [5.74, 6) is 0.694. The molecule has 3 heterocycles. The van der Waals surface area contributed by atoms with Crippen molar-refractivity contribution >= 4 is 11.2 Å². The molecule has 1 N–H and O–H groups in total. The Kier molecular flexibility index (Phi) is 5.34. The van der Waals surface area contributed by atoms with E-state index < -0.39 is 5.82 Å². The molecule has 5 rings (SSSR count). The van der Waals surface area contributed by atoms with Gasteiger partial charge < -0.3 is 10.1 Å². The molecule has 1 fully saturated rings. The Balaban J connectivity index is 1.70. The SMILES string of the molecule is [C-]#[N+]c1ccc(-c2cc(OC[C@@H]3CCNC3)c3cncn3c2-c2ccc(C)cc2)c(F)c1. The first-order valence-corrected chi connectivity index (χ1v) is 10.7. The van der Waals surface area contributed by atoms with Gasteiger partial charge in [0.1, 0.15) is 17.1 Å². The van der Waals surface area contributed by atoms with E-state index >= 15 is 4.39 Å². The first kappa shape index (κ1) is 20.2. The third-order valence-corrected chi connectivity index (χ3v) is 6.00. The zero-order valence-electron chi connectivity index (χ0n) is 17.8. The summed E-state index contributed by atoms with van der Waals surface area (Å²) in [6.07, 6.45) is 4.60. The average molecular weight is 426 g/mol. The van der Waals surface area contributed by atoms with Gasteiger partial charge in [-0.1, -0.05) is 42.0 Å². The van der Waals surface area contributed by atoms with Gasteiger partial charge >= 0.3 is 0 Å². The molecule has 0 bridgehead atoms. The molecule has 1 aliphatic heterocycles. The molecule has 2 aromatic carbocycles. The molecule has 32 heavy (non-hydrogen) atoms. The number of aromatic nitrogens is 2. The number of nitrogens with zero attached hydrogens (tertiary/aromatic N) is 3. The minimum atomic E-state index is -0.433. The fourth-order valence-corrected chi connectivity index (χ4v) is 4.24. The van der Waals surface area contributed by atoms with Gasteiger partial charge in [0.05, 0.1) is 31.4 Å². The predicted octanol–water partition coefficient (Wildman–Crippen LogP) is 5.65. The highest BCUT2D eigenvalue weighted by atomic mass is 19.1. The molecular formula is C26H23FN4O. The molecule has 6 heteroatoms. The Labute approximate surface area is 186 Å². The number of nitrogens with one attached hydrogen (secondary N) is 1. The maximum absolute atomic E-state index is 15.2. The number of hydrogen-bond donors (Lipinski definition) is 1. The van der Waals surface area contributed by atoms with E-state index in [0.717, 1.165) is 41.8 Å². The first-order chi connectivity index (χ1) is 15.6. The third kappa shape index (κ3) is 3.72. The van der Waals surface area contributed by atoms with E-state index in [4.69, 9.17) is 11.3 Å². The fourth-order valence-electron chi connectivity index (χ4n) is 4.24. The summed E-state index contributed by atoms with van der Waals surface area (Å²) in [7, 11) is 0. The van der Waals surface area contributed by atoms with Crippen molar-refractivity contribution in [2.24, 2.45) is 5.92 Å². The molecule has 0 saturated carbocycles. The summed E-state index contributed by atoms with van der Waals surface area (Å²) in [6.45, 7) is 11.8. The van der Waals surface area contributed by atoms with Crippen LogP contribution in [0.3, 0.4) is 0 Å². The Morgan fingerprint density at radius 3 is 2.75 bits per heavy atom. The number of ether oxygens (including phenoxy) is 1. The summed E-state index contributed by atoms with van der Waals surface area (Å²) in [5.41, 5.74) is 5.18. The number of imidazole rings is 1. The Morgan fingerprint density at radius 2 is 2.03 bits per heavy atom. The number of benzene rings is 2. The van der Waals surface area contributed by atoms with Crippen molar-refractivity contribution in [3.8, 4) is 28.1 Å². The van der Waals surface area contributed by atoms with Gasteiger partial charge in [0.25, 0.3) is 0 Å². The summed E-state index contributed by atoms with van der Waals surface area (Å²) < 4.78 is 23.4. The predicted molar refractivity (Wildman–Crippen MR) is 123 cm³/mol. The topological polar surface area (TPSA) is 42.9 Å². The molecule has 0 aliphatic carbocycles. The van der Waals surface area contributed by atoms with E-state index in [1.54, 1.807) is 24.7 Å². The van der Waals surface area contributed by atoms with Crippen LogP contribution in [-0.4, -0.2) is 29.1 Å². The third-order valence-electron chi connectivity index (χ3n) is 6.00. The van der Waals surface area contributed by atoms with Crippen LogP contribution in [0.1, 0.15) is 12.0 Å². The van der Waals surface area contributed by atoms with Crippen molar-refractivity contribution in [1.82, 2.24) is 14.7 Å². The van der Waals surface area contributed by atoms with Crippen LogP contribution in [0, 0.1) is 25.2 Å². The number of aryl methyl sites for hydroxylation is 1. The minimum absolute atomic E-state index is 0.275. The van der Waals surface area contributed by atoms with Gasteiger partial charge in [-0.25, -0.2) is 14.2 Å². The summed E-state index contributed by atoms with van der Waals surface area (Å²) in [4.78, 5) is 7.72. The second kappa shape index (κ2) is 8.45. The lowest BCUT2D eigenvalue weighted by molar-refractivity contribution is 0.262. The van der Waals surface area contributed by atoms with Gasteiger partial charge in [0, 0.05) is 23.6 Å². The van der Waals surface area contributed by atoms with Gasteiger partial charge in [-0.05, 0) is 37.6 Å². The fraction of sp³-hybridized carbons (Fsp3) is 0.231. The second-order valence-corrected chi connectivity index (χ2v) is 8.23. The largest absolute Gasteiger partial charge is 0.491 e. The van der Waals surface area contributed by atoms with Crippen LogP contribution in [0.2, 0.25) is 0 Å². The highest BCUT2D eigenvalue weighted by Crippen LogP contribution is 2.39. The lowest BCUT2D eigenvalue weighted by Gasteiger charge is -2.18. The van der Waals surface area contributed by atoms with Gasteiger partial charge in [0.15, 0.2) is 5.69 Å². The highest BCUT2D eigenvalue weighted by molar-refractivity contribution is 5.86. The molecular weight excluding hydrogens is 403 g/mol. The van der Waals surface area contributed by atoms with E-state index in [2.05, 4.69) is 15.1 Å². The number of halogens is 1. The smallest absolute Gasteiger partial charge is 0.190 e. The van der Waals surface area contributed by atoms with Crippen molar-refractivity contribution in [3.05, 3.63) is 83.9 Å². The van der Waals surface area contributed by atoms with Crippen molar-refractivity contribution in [1.29, 1.82) is 0 Å². The van der Waals surface area contributed by atoms with Crippen molar-refractivity contribution in [2.75, 3.05) is 19.7 Å². The Hall–Kier alpha value is -3.69. The Morgan fingerprint density at radius 1 is 1.19 bits per heavy atom. The summed E-state index contributed by atoms with van der Waals surface area (Å²) in [5, 5.41) is 3.36. The quantitative estimate of drug-likeness (QED) is 0.419. The average Bonchev–Trinajstić information content (AvgIpc) is 3.50. The van der Waals surface area contributed by atoms with Gasteiger partial charge in [-0.15, -0.1) is 0 Å². The molecule has 4 aromatic rings. The normalized spacial score (nSPS) is 15.7. The minimum Gasteiger partial charge on any atom is -0.491 e. The van der Waals surface area contributed by atoms with Crippen molar-refractivity contribution < 1.29 is 9.13 Å². The number of rotatable bonds is 5. The monoisotopic (exact) mass is 426 g/mol. The van der Waals surface area contributed by atoms with E-state index in [-0.39, 0.29) is 5.69 Å². The standard InChI is InChI=1S/C26H23FN4O/c1-17-3-5-19(6-4-17)26-22(21-8-7-20(28-2)11-23(21)27)12-25(24-14-30-16-31(24)26)32-15-18-9-10-29-13-18/h3-8,11-12,14,16,18,29H,9-10,13,15H2,1H3/t18-/m1/s1. The number of pyridine rings is 1. The van der Waals surface area contributed by atoms with E-state index in [1.807, 2.05) is 41.7 Å². The molecule has 0 amide bonds. The molecule has 0 radical (unpaired) electrons. The highest BCUT2D eigenvalue weighted by Gasteiger charge is 2.21. The molecule has 2 aromatic heterocycles. The van der Waals surface area contributed by atoms with Crippen LogP contribution in [0.25, 0.3) is 32.7 Å². The summed E-state index contributed by atoms with van der Waals surface area (Å²) >= 11 is 0. The molecule has 0 unspecified atom stereocenters. The maximum atomic E-state index is 15.2. The lowest BCUT2D eigenvalue weighted by atomic mass is 9.97. The van der Waals surface area contributed by atoms with E-state index in [9.17, 15) is 0 Å². The van der Waals surface area contributed by atoms with Crippen LogP contribution in [0.15, 0.2) is 61.1 Å². The molecule has 160 valence electrons. The van der Waals surface area contributed by atoms with Crippen LogP contribution in [0.5, 0.6) is 5.75 Å². The number of fused-ring (bicyclic) bond motifs is 1. The zero-order chi connectivity index (χ0) is 22.1. The molecule has 1 aliphatic rings.